The van der Waals surface area contributed by atoms with Crippen LogP contribution in [0, 0.1) is 5.92 Å². The molecule has 1 aliphatic heterocycles. The van der Waals surface area contributed by atoms with Gasteiger partial charge >= 0.3 is 12.0 Å². The minimum Gasteiger partial charge on any atom is -0.481 e. The Bertz CT molecular complexity index is 304. The zero-order valence-electron chi connectivity index (χ0n) is 11.9. The molecule has 1 fully saturated rings. The first-order valence-corrected chi connectivity index (χ1v) is 6.92. The van der Waals surface area contributed by atoms with Crippen LogP contribution in [-0.2, 0) is 4.79 Å². The third-order valence-electron chi connectivity index (χ3n) is 3.32. The fraction of sp³-hybridized carbons (Fsp3) is 0.846. The lowest BCUT2D eigenvalue weighted by Crippen LogP contribution is -2.42. The summed E-state index contributed by atoms with van der Waals surface area (Å²) in [6, 6.07) is -0.200. The standard InChI is InChI=1S/C13H25N3O3/c1-11(10-16-7-3-4-8-16)9-15(2)13(19)14-6-5-12(17)18/h11H,3-10H2,1-2H3,(H,14,19)(H,17,18). The number of nitrogens with zero attached hydrogens (tertiary/aromatic N) is 2. The van der Waals surface area contributed by atoms with E-state index in [-0.39, 0.29) is 19.0 Å². The normalized spacial score (nSPS) is 17.2. The van der Waals surface area contributed by atoms with Crippen LogP contribution in [0.4, 0.5) is 4.79 Å². The second kappa shape index (κ2) is 7.99. The van der Waals surface area contributed by atoms with Crippen molar-refractivity contribution in [1.29, 1.82) is 0 Å². The molecule has 6 nitrogen and oxygen atoms in total. The molecule has 0 aromatic carbocycles. The minimum atomic E-state index is -0.898. The van der Waals surface area contributed by atoms with Crippen molar-refractivity contribution in [2.24, 2.45) is 5.92 Å². The Balaban J connectivity index is 2.18. The topological polar surface area (TPSA) is 72.9 Å². The van der Waals surface area contributed by atoms with Gasteiger partial charge in [-0.25, -0.2) is 4.79 Å². The number of carboxylic acid groups (broad SMARTS) is 1. The number of nitrogens with one attached hydrogen (secondary N) is 1. The maximum atomic E-state index is 11.7. The monoisotopic (exact) mass is 271 g/mol. The molecule has 1 aliphatic rings. The van der Waals surface area contributed by atoms with Gasteiger partial charge in [0, 0.05) is 26.7 Å². The Hall–Kier alpha value is -1.30. The predicted molar refractivity (Wildman–Crippen MR) is 73.1 cm³/mol. The maximum Gasteiger partial charge on any atom is 0.317 e. The molecular weight excluding hydrogens is 246 g/mol. The highest BCUT2D eigenvalue weighted by molar-refractivity contribution is 5.74. The smallest absolute Gasteiger partial charge is 0.317 e. The van der Waals surface area contributed by atoms with E-state index in [1.807, 2.05) is 0 Å². The molecule has 0 aliphatic carbocycles. The van der Waals surface area contributed by atoms with E-state index in [9.17, 15) is 9.59 Å². The van der Waals surface area contributed by atoms with Gasteiger partial charge in [-0.15, -0.1) is 0 Å². The van der Waals surface area contributed by atoms with Gasteiger partial charge in [0.15, 0.2) is 0 Å². The number of hydrogen-bond acceptors (Lipinski definition) is 3. The van der Waals surface area contributed by atoms with Gasteiger partial charge in [0.05, 0.1) is 6.42 Å². The summed E-state index contributed by atoms with van der Waals surface area (Å²) in [6.07, 6.45) is 2.51. The van der Waals surface area contributed by atoms with Crippen molar-refractivity contribution in [3.63, 3.8) is 0 Å². The second-order valence-electron chi connectivity index (χ2n) is 5.37. The first-order chi connectivity index (χ1) is 8.99. The number of amides is 2. The summed E-state index contributed by atoms with van der Waals surface area (Å²) in [6.45, 7) is 6.36. The molecule has 1 atom stereocenters. The summed E-state index contributed by atoms with van der Waals surface area (Å²) in [5.41, 5.74) is 0. The second-order valence-corrected chi connectivity index (χ2v) is 5.37. The Morgan fingerprint density at radius 3 is 2.58 bits per heavy atom. The van der Waals surface area contributed by atoms with Gasteiger partial charge in [-0.2, -0.15) is 0 Å². The van der Waals surface area contributed by atoms with Crippen LogP contribution >= 0.6 is 0 Å². The van der Waals surface area contributed by atoms with E-state index in [2.05, 4.69) is 17.1 Å². The van der Waals surface area contributed by atoms with Crippen LogP contribution in [-0.4, -0.2) is 66.7 Å². The molecule has 1 rings (SSSR count). The van der Waals surface area contributed by atoms with Crippen molar-refractivity contribution in [2.75, 3.05) is 39.8 Å². The van der Waals surface area contributed by atoms with Gasteiger partial charge < -0.3 is 20.2 Å². The zero-order valence-corrected chi connectivity index (χ0v) is 11.9. The Kier molecular flexibility index (Phi) is 6.62. The van der Waals surface area contributed by atoms with E-state index in [0.29, 0.717) is 12.5 Å². The summed E-state index contributed by atoms with van der Waals surface area (Å²) in [7, 11) is 1.75. The zero-order chi connectivity index (χ0) is 14.3. The lowest BCUT2D eigenvalue weighted by Gasteiger charge is -2.25. The van der Waals surface area contributed by atoms with Crippen LogP contribution in [0.25, 0.3) is 0 Å². The van der Waals surface area contributed by atoms with E-state index < -0.39 is 5.97 Å². The van der Waals surface area contributed by atoms with Crippen LogP contribution in [0.1, 0.15) is 26.2 Å². The Morgan fingerprint density at radius 1 is 1.37 bits per heavy atom. The third-order valence-corrected chi connectivity index (χ3v) is 3.32. The molecule has 1 unspecified atom stereocenters. The SMILES string of the molecule is CC(CN1CCCC1)CN(C)C(=O)NCCC(=O)O. The number of carbonyl (C=O) groups excluding carboxylic acids is 1. The van der Waals surface area contributed by atoms with Crippen molar-refractivity contribution in [3.05, 3.63) is 0 Å². The maximum absolute atomic E-state index is 11.7. The quantitative estimate of drug-likeness (QED) is 0.719. The molecule has 1 saturated heterocycles. The van der Waals surface area contributed by atoms with E-state index in [1.54, 1.807) is 11.9 Å². The lowest BCUT2D eigenvalue weighted by atomic mass is 10.1. The molecular formula is C13H25N3O3. The molecule has 0 aromatic heterocycles. The van der Waals surface area contributed by atoms with E-state index in [0.717, 1.165) is 6.54 Å². The first kappa shape index (κ1) is 15.8. The van der Waals surface area contributed by atoms with Gasteiger partial charge in [0.1, 0.15) is 0 Å². The average Bonchev–Trinajstić information content (AvgIpc) is 2.80. The summed E-state index contributed by atoms with van der Waals surface area (Å²) in [5, 5.41) is 11.1. The molecule has 0 radical (unpaired) electrons. The highest BCUT2D eigenvalue weighted by atomic mass is 16.4. The van der Waals surface area contributed by atoms with Gasteiger partial charge in [0.2, 0.25) is 0 Å². The summed E-state index contributed by atoms with van der Waals surface area (Å²) in [4.78, 5) is 26.1. The molecule has 110 valence electrons. The molecule has 19 heavy (non-hydrogen) atoms. The molecule has 2 amide bonds. The number of carbonyl (C=O) groups is 2. The van der Waals surface area contributed by atoms with Crippen LogP contribution in [0.3, 0.4) is 0 Å². The molecule has 1 heterocycles. The summed E-state index contributed by atoms with van der Waals surface area (Å²) >= 11 is 0. The number of likely N-dealkylation sites (tertiary alicyclic amines) is 1. The molecule has 0 spiro atoms. The van der Waals surface area contributed by atoms with E-state index in [1.165, 1.54) is 25.9 Å². The van der Waals surface area contributed by atoms with Crippen LogP contribution in [0.2, 0.25) is 0 Å². The van der Waals surface area contributed by atoms with E-state index >= 15 is 0 Å². The molecule has 6 heteroatoms. The highest BCUT2D eigenvalue weighted by Gasteiger charge is 2.17. The van der Waals surface area contributed by atoms with Crippen LogP contribution in [0.5, 0.6) is 0 Å². The summed E-state index contributed by atoms with van der Waals surface area (Å²) in [5.74, 6) is -0.473. The molecule has 0 bridgehead atoms. The van der Waals surface area contributed by atoms with Crippen molar-refractivity contribution in [2.45, 2.75) is 26.2 Å². The molecule has 0 saturated carbocycles. The van der Waals surface area contributed by atoms with Crippen molar-refractivity contribution < 1.29 is 14.7 Å². The Morgan fingerprint density at radius 2 is 2.00 bits per heavy atom. The van der Waals surface area contributed by atoms with Crippen molar-refractivity contribution in [1.82, 2.24) is 15.1 Å². The number of hydrogen-bond donors (Lipinski definition) is 2. The fourth-order valence-electron chi connectivity index (χ4n) is 2.43. The highest BCUT2D eigenvalue weighted by Crippen LogP contribution is 2.10. The summed E-state index contributed by atoms with van der Waals surface area (Å²) < 4.78 is 0. The Labute approximate surface area is 114 Å². The number of carboxylic acids is 1. The first-order valence-electron chi connectivity index (χ1n) is 6.92. The van der Waals surface area contributed by atoms with Gasteiger partial charge in [-0.05, 0) is 31.8 Å². The van der Waals surface area contributed by atoms with Gasteiger partial charge in [-0.3, -0.25) is 4.79 Å². The number of rotatable bonds is 7. The van der Waals surface area contributed by atoms with Crippen molar-refractivity contribution >= 4 is 12.0 Å². The predicted octanol–water partition coefficient (Wildman–Crippen LogP) is 0.834. The largest absolute Gasteiger partial charge is 0.481 e. The molecule has 0 aromatic rings. The third kappa shape index (κ3) is 6.42. The molecule has 2 N–H and O–H groups in total. The van der Waals surface area contributed by atoms with Crippen LogP contribution in [0.15, 0.2) is 0 Å². The fourth-order valence-corrected chi connectivity index (χ4v) is 2.43. The minimum absolute atomic E-state index is 0.0388. The lowest BCUT2D eigenvalue weighted by molar-refractivity contribution is -0.136. The average molecular weight is 271 g/mol. The number of aliphatic carboxylic acids is 1. The van der Waals surface area contributed by atoms with E-state index in [4.69, 9.17) is 5.11 Å². The van der Waals surface area contributed by atoms with Crippen LogP contribution < -0.4 is 5.32 Å². The van der Waals surface area contributed by atoms with Gasteiger partial charge in [-0.1, -0.05) is 6.92 Å². The van der Waals surface area contributed by atoms with Crippen molar-refractivity contribution in [3.8, 4) is 0 Å². The van der Waals surface area contributed by atoms with Gasteiger partial charge in [0.25, 0.3) is 0 Å². The number of urea groups is 1.